The van der Waals surface area contributed by atoms with E-state index < -0.39 is 24.3 Å². The standard InChI is InChI=1S/C35H35IN4O7/c1-4-45-30-17-24(33-32(34(42)44-3)21(2)38-35(43)39-33)13-15-29(30)47-20-31(41)40-37-18-22-12-14-28(27(36)16-22)46-19-25-10-7-9-23-8-5-6-11-26(23)25/h5-18,31,33,40-41H,4,19-20H2,1-3H3,(H2,38,39,43)/b37-18-/t31-,33+/m0/s1. The van der Waals surface area contributed by atoms with Gasteiger partial charge in [0, 0.05) is 5.70 Å². The van der Waals surface area contributed by atoms with Gasteiger partial charge in [0.2, 0.25) is 0 Å². The monoisotopic (exact) mass is 750 g/mol. The SMILES string of the molecule is CCOc1cc([C@H]2NC(=O)NC(C)=C2C(=O)OC)ccc1OC[C@H](O)N/N=C\c1ccc(OCc2cccc3ccccc23)c(I)c1. The lowest BCUT2D eigenvalue weighted by molar-refractivity contribution is -0.136. The summed E-state index contributed by atoms with van der Waals surface area (Å²) in [6, 6.07) is 24.0. The molecule has 1 aliphatic heterocycles. The number of ether oxygens (including phenoxy) is 4. The first-order chi connectivity index (χ1) is 22.8. The molecule has 2 amide bonds. The number of esters is 1. The molecule has 0 saturated heterocycles. The zero-order valence-corrected chi connectivity index (χ0v) is 28.2. The highest BCUT2D eigenvalue weighted by molar-refractivity contribution is 14.1. The van der Waals surface area contributed by atoms with Crippen molar-refractivity contribution >= 4 is 51.6 Å². The molecule has 4 aromatic carbocycles. The van der Waals surface area contributed by atoms with Crippen molar-refractivity contribution in [1.82, 2.24) is 16.1 Å². The van der Waals surface area contributed by atoms with Crippen molar-refractivity contribution in [2.45, 2.75) is 32.7 Å². The molecule has 5 rings (SSSR count). The molecule has 0 bridgehead atoms. The van der Waals surface area contributed by atoms with Crippen LogP contribution in [-0.4, -0.2) is 49.9 Å². The van der Waals surface area contributed by atoms with Crippen molar-refractivity contribution in [2.24, 2.45) is 5.10 Å². The van der Waals surface area contributed by atoms with Gasteiger partial charge in [0.05, 0.1) is 35.1 Å². The lowest BCUT2D eigenvalue weighted by Crippen LogP contribution is -2.45. The molecule has 4 N–H and O–H groups in total. The van der Waals surface area contributed by atoms with E-state index in [4.69, 9.17) is 18.9 Å². The number of hydrazone groups is 1. The van der Waals surface area contributed by atoms with Crippen LogP contribution in [0.15, 0.2) is 95.2 Å². The van der Waals surface area contributed by atoms with Gasteiger partial charge >= 0.3 is 12.0 Å². The molecule has 4 aromatic rings. The van der Waals surface area contributed by atoms with Gasteiger partial charge in [0.15, 0.2) is 17.7 Å². The van der Waals surface area contributed by atoms with Gasteiger partial charge in [0.25, 0.3) is 0 Å². The number of amides is 2. The first-order valence-corrected chi connectivity index (χ1v) is 16.0. The van der Waals surface area contributed by atoms with Crippen molar-refractivity contribution < 1.29 is 33.6 Å². The molecule has 0 saturated carbocycles. The maximum atomic E-state index is 12.5. The fraction of sp³-hybridized carbons (Fsp3) is 0.229. The molecule has 0 aromatic heterocycles. The summed E-state index contributed by atoms with van der Waals surface area (Å²) in [6.45, 7) is 4.11. The summed E-state index contributed by atoms with van der Waals surface area (Å²) in [5.74, 6) is 0.953. The van der Waals surface area contributed by atoms with E-state index in [2.05, 4.69) is 68.0 Å². The van der Waals surface area contributed by atoms with Crippen molar-refractivity contribution in [3.8, 4) is 17.2 Å². The summed E-state index contributed by atoms with van der Waals surface area (Å²) in [6.07, 6.45) is 0.477. The number of rotatable bonds is 13. The largest absolute Gasteiger partial charge is 0.490 e. The number of allylic oxidation sites excluding steroid dienone is 1. The van der Waals surface area contributed by atoms with Crippen molar-refractivity contribution in [3.05, 3.63) is 110 Å². The van der Waals surface area contributed by atoms with Gasteiger partial charge in [0.1, 0.15) is 19.0 Å². The Morgan fingerprint density at radius 2 is 1.81 bits per heavy atom. The van der Waals surface area contributed by atoms with Crippen LogP contribution in [0.3, 0.4) is 0 Å². The number of hydrogen-bond acceptors (Lipinski definition) is 9. The number of carbonyl (C=O) groups excluding carboxylic acids is 2. The lowest BCUT2D eigenvalue weighted by Gasteiger charge is -2.28. The Balaban J connectivity index is 1.17. The molecule has 0 spiro atoms. The number of methoxy groups -OCH3 is 1. The van der Waals surface area contributed by atoms with E-state index in [1.807, 2.05) is 43.3 Å². The van der Waals surface area contributed by atoms with Crippen LogP contribution in [-0.2, 0) is 16.1 Å². The zero-order chi connectivity index (χ0) is 33.3. The molecule has 0 fully saturated rings. The molecular formula is C35H35IN4O7. The number of nitrogens with one attached hydrogen (secondary N) is 3. The Morgan fingerprint density at radius 1 is 1.02 bits per heavy atom. The highest BCUT2D eigenvalue weighted by Gasteiger charge is 2.32. The van der Waals surface area contributed by atoms with Crippen LogP contribution in [0.5, 0.6) is 17.2 Å². The Kier molecular flexibility index (Phi) is 11.2. The first-order valence-electron chi connectivity index (χ1n) is 14.9. The van der Waals surface area contributed by atoms with Gasteiger partial charge in [-0.15, -0.1) is 0 Å². The van der Waals surface area contributed by atoms with E-state index in [1.54, 1.807) is 31.3 Å². The molecule has 47 heavy (non-hydrogen) atoms. The number of carbonyl (C=O) groups is 2. The lowest BCUT2D eigenvalue weighted by atomic mass is 9.95. The maximum absolute atomic E-state index is 12.5. The van der Waals surface area contributed by atoms with E-state index in [1.165, 1.54) is 17.9 Å². The minimum Gasteiger partial charge on any atom is -0.490 e. The third kappa shape index (κ3) is 8.32. The van der Waals surface area contributed by atoms with Crippen LogP contribution in [0.25, 0.3) is 10.8 Å². The Bertz CT molecular complexity index is 1820. The zero-order valence-electron chi connectivity index (χ0n) is 26.1. The van der Waals surface area contributed by atoms with Crippen LogP contribution in [0.1, 0.15) is 36.6 Å². The molecule has 1 aliphatic rings. The molecule has 2 atom stereocenters. The molecule has 244 valence electrons. The van der Waals surface area contributed by atoms with Gasteiger partial charge in [-0.2, -0.15) is 5.10 Å². The third-order valence-corrected chi connectivity index (χ3v) is 8.17. The van der Waals surface area contributed by atoms with Gasteiger partial charge in [-0.25, -0.2) is 9.59 Å². The second-order valence-electron chi connectivity index (χ2n) is 10.5. The van der Waals surface area contributed by atoms with Crippen LogP contribution in [0.4, 0.5) is 4.79 Å². The number of hydrogen-bond donors (Lipinski definition) is 4. The molecular weight excluding hydrogens is 715 g/mol. The summed E-state index contributed by atoms with van der Waals surface area (Å²) in [7, 11) is 1.28. The molecule has 1 heterocycles. The molecule has 12 heteroatoms. The summed E-state index contributed by atoms with van der Waals surface area (Å²) >= 11 is 2.23. The molecule has 11 nitrogen and oxygen atoms in total. The topological polar surface area (TPSA) is 140 Å². The summed E-state index contributed by atoms with van der Waals surface area (Å²) < 4.78 is 23.6. The highest BCUT2D eigenvalue weighted by atomic mass is 127. The highest BCUT2D eigenvalue weighted by Crippen LogP contribution is 2.35. The Labute approximate surface area is 286 Å². The normalized spacial score (nSPS) is 15.2. The van der Waals surface area contributed by atoms with Crippen LogP contribution < -0.4 is 30.3 Å². The van der Waals surface area contributed by atoms with E-state index in [0.717, 1.165) is 20.4 Å². The Hall–Kier alpha value is -4.82. The van der Waals surface area contributed by atoms with Crippen molar-refractivity contribution in [2.75, 3.05) is 20.3 Å². The minimum atomic E-state index is -1.12. The van der Waals surface area contributed by atoms with Gasteiger partial charge in [-0.1, -0.05) is 48.5 Å². The predicted octanol–water partition coefficient (Wildman–Crippen LogP) is 5.54. The Morgan fingerprint density at radius 3 is 2.60 bits per heavy atom. The summed E-state index contributed by atoms with van der Waals surface area (Å²) in [5, 5.41) is 22.3. The summed E-state index contributed by atoms with van der Waals surface area (Å²) in [4.78, 5) is 24.6. The molecule has 0 aliphatic carbocycles. The average Bonchev–Trinajstić information content (AvgIpc) is 3.06. The quantitative estimate of drug-likeness (QED) is 0.0460. The molecule has 0 unspecified atom stereocenters. The van der Waals surface area contributed by atoms with E-state index in [9.17, 15) is 14.7 Å². The van der Waals surface area contributed by atoms with Gasteiger partial charge in [-0.3, -0.25) is 5.43 Å². The van der Waals surface area contributed by atoms with Gasteiger partial charge < -0.3 is 34.7 Å². The molecule has 0 radical (unpaired) electrons. The van der Waals surface area contributed by atoms with Crippen molar-refractivity contribution in [3.63, 3.8) is 0 Å². The first kappa shape index (κ1) is 33.5. The second-order valence-corrected chi connectivity index (χ2v) is 11.7. The van der Waals surface area contributed by atoms with Crippen LogP contribution in [0, 0.1) is 3.57 Å². The van der Waals surface area contributed by atoms with E-state index in [0.29, 0.717) is 36.0 Å². The number of fused-ring (bicyclic) bond motifs is 1. The van der Waals surface area contributed by atoms with Crippen LogP contribution >= 0.6 is 22.6 Å². The van der Waals surface area contributed by atoms with E-state index >= 15 is 0 Å². The minimum absolute atomic E-state index is 0.133. The van der Waals surface area contributed by atoms with E-state index in [-0.39, 0.29) is 12.2 Å². The second kappa shape index (κ2) is 15.6. The third-order valence-electron chi connectivity index (χ3n) is 7.33. The summed E-state index contributed by atoms with van der Waals surface area (Å²) in [5.41, 5.74) is 5.87. The number of halogens is 1. The fourth-order valence-electron chi connectivity index (χ4n) is 5.11. The van der Waals surface area contributed by atoms with Crippen LogP contribution in [0.2, 0.25) is 0 Å². The van der Waals surface area contributed by atoms with Gasteiger partial charge in [-0.05, 0) is 94.2 Å². The smallest absolute Gasteiger partial charge is 0.337 e. The number of aliphatic hydroxyl groups is 1. The maximum Gasteiger partial charge on any atom is 0.337 e. The van der Waals surface area contributed by atoms with Crippen molar-refractivity contribution in [1.29, 1.82) is 0 Å². The average molecular weight is 751 g/mol. The number of aliphatic hydroxyl groups excluding tert-OH is 1. The fourth-order valence-corrected chi connectivity index (χ4v) is 5.80. The number of urea groups is 1. The number of benzene rings is 4. The predicted molar refractivity (Wildman–Crippen MR) is 186 cm³/mol. The number of nitrogens with zero attached hydrogens (tertiary/aromatic N) is 1.